The van der Waals surface area contributed by atoms with E-state index < -0.39 is 97.5 Å². The Bertz CT molecular complexity index is 1550. The number of hydrogen-bond donors (Lipinski definition) is 3. The lowest BCUT2D eigenvalue weighted by molar-refractivity contribution is -0.161. The number of hydrogen-bond acceptors (Lipinski definition) is 15. The molecule has 0 saturated heterocycles. The van der Waals surface area contributed by atoms with Gasteiger partial charge in [0.2, 0.25) is 0 Å². The lowest BCUT2D eigenvalue weighted by Crippen LogP contribution is -2.30. The second-order valence-corrected chi connectivity index (χ2v) is 25.1. The number of phosphoric ester groups is 2. The van der Waals surface area contributed by atoms with Crippen LogP contribution in [0.25, 0.3) is 0 Å². The number of rotatable bonds is 60. The topological polar surface area (TPSA) is 237 Å². The van der Waals surface area contributed by atoms with Crippen molar-refractivity contribution in [3.63, 3.8) is 0 Å². The van der Waals surface area contributed by atoms with Crippen LogP contribution in [-0.4, -0.2) is 96.7 Å². The minimum Gasteiger partial charge on any atom is -0.462 e. The smallest absolute Gasteiger partial charge is 0.462 e. The molecule has 0 spiro atoms. The van der Waals surface area contributed by atoms with Gasteiger partial charge in [-0.2, -0.15) is 0 Å². The first-order chi connectivity index (χ1) is 38.0. The molecule has 0 aliphatic heterocycles. The van der Waals surface area contributed by atoms with Crippen molar-refractivity contribution in [2.75, 3.05) is 39.6 Å². The van der Waals surface area contributed by atoms with Gasteiger partial charge in [-0.05, 0) is 31.6 Å². The Morgan fingerprint density at radius 3 is 0.861 bits per heavy atom. The first kappa shape index (κ1) is 77.1. The van der Waals surface area contributed by atoms with E-state index in [0.717, 1.165) is 102 Å². The van der Waals surface area contributed by atoms with Crippen molar-refractivity contribution in [1.29, 1.82) is 0 Å². The molecule has 0 aromatic carbocycles. The quantitative estimate of drug-likeness (QED) is 0.0222. The van der Waals surface area contributed by atoms with Crippen LogP contribution < -0.4 is 0 Å². The minimum atomic E-state index is -4.94. The van der Waals surface area contributed by atoms with E-state index in [1.54, 1.807) is 0 Å². The Hall–Kier alpha value is -1.94. The SMILES string of the molecule is CCCCCCCCCCCCCCCCC(=O)OC[C@H](COP(=O)(O)OC[C@@H](O)COP(=O)(O)OC[C@@H](COC(=O)CCCCCCC)OC(=O)CCCCCCC)OC(=O)CCCCCCCCCCCCCCC(C)C. The molecular formula is C60H116O17P2. The Kier molecular flexibility index (Phi) is 52.7. The van der Waals surface area contributed by atoms with E-state index >= 15 is 0 Å². The summed E-state index contributed by atoms with van der Waals surface area (Å²) < 4.78 is 67.4. The summed E-state index contributed by atoms with van der Waals surface area (Å²) in [4.78, 5) is 71.5. The molecule has 0 aliphatic carbocycles. The van der Waals surface area contributed by atoms with Crippen LogP contribution in [0.2, 0.25) is 0 Å². The highest BCUT2D eigenvalue weighted by Crippen LogP contribution is 2.45. The fourth-order valence-electron chi connectivity index (χ4n) is 8.88. The van der Waals surface area contributed by atoms with E-state index in [1.165, 1.54) is 116 Å². The summed E-state index contributed by atoms with van der Waals surface area (Å²) >= 11 is 0. The molecule has 3 N–H and O–H groups in total. The number of aliphatic hydroxyl groups excluding tert-OH is 1. The number of carbonyl (C=O) groups is 4. The maximum Gasteiger partial charge on any atom is 0.472 e. The van der Waals surface area contributed by atoms with Crippen molar-refractivity contribution in [3.05, 3.63) is 0 Å². The van der Waals surface area contributed by atoms with Crippen molar-refractivity contribution in [1.82, 2.24) is 0 Å². The van der Waals surface area contributed by atoms with Crippen LogP contribution in [0.3, 0.4) is 0 Å². The fourth-order valence-corrected chi connectivity index (χ4v) is 10.5. The van der Waals surface area contributed by atoms with E-state index in [2.05, 4.69) is 34.6 Å². The minimum absolute atomic E-state index is 0.0988. The fraction of sp³-hybridized carbons (Fsp3) is 0.933. The molecule has 0 bridgehead atoms. The third kappa shape index (κ3) is 55.0. The van der Waals surface area contributed by atoms with Gasteiger partial charge in [0.25, 0.3) is 0 Å². The van der Waals surface area contributed by atoms with Gasteiger partial charge in [0.1, 0.15) is 19.3 Å². The van der Waals surface area contributed by atoms with Crippen molar-refractivity contribution in [3.8, 4) is 0 Å². The predicted octanol–water partition coefficient (Wildman–Crippen LogP) is 16.2. The number of esters is 4. The van der Waals surface area contributed by atoms with E-state index in [1.807, 2.05) is 0 Å². The molecule has 0 aliphatic rings. The number of phosphoric acid groups is 2. The molecule has 0 aromatic heterocycles. The van der Waals surface area contributed by atoms with Crippen LogP contribution in [0, 0.1) is 5.92 Å². The maximum atomic E-state index is 12.9. The van der Waals surface area contributed by atoms with Gasteiger partial charge in [0.15, 0.2) is 12.2 Å². The van der Waals surface area contributed by atoms with E-state index in [0.29, 0.717) is 25.7 Å². The van der Waals surface area contributed by atoms with Gasteiger partial charge >= 0.3 is 39.5 Å². The van der Waals surface area contributed by atoms with Crippen LogP contribution in [0.5, 0.6) is 0 Å². The summed E-state index contributed by atoms with van der Waals surface area (Å²) in [5.41, 5.74) is 0. The Labute approximate surface area is 479 Å². The first-order valence-corrected chi connectivity index (χ1v) is 34.6. The molecule has 0 saturated carbocycles. The highest BCUT2D eigenvalue weighted by molar-refractivity contribution is 7.47. The lowest BCUT2D eigenvalue weighted by Gasteiger charge is -2.21. The Morgan fingerprint density at radius 1 is 0.342 bits per heavy atom. The first-order valence-electron chi connectivity index (χ1n) is 31.6. The normalized spacial score (nSPS) is 14.3. The van der Waals surface area contributed by atoms with Crippen LogP contribution in [0.4, 0.5) is 0 Å². The molecule has 5 atom stereocenters. The summed E-state index contributed by atoms with van der Waals surface area (Å²) in [5.74, 6) is -1.38. The van der Waals surface area contributed by atoms with Gasteiger partial charge in [-0.15, -0.1) is 0 Å². The van der Waals surface area contributed by atoms with Crippen molar-refractivity contribution in [2.45, 2.75) is 316 Å². The van der Waals surface area contributed by atoms with Gasteiger partial charge in [-0.1, -0.05) is 247 Å². The zero-order valence-corrected chi connectivity index (χ0v) is 52.3. The molecular weight excluding hydrogens is 1050 g/mol. The van der Waals surface area contributed by atoms with Gasteiger partial charge in [0, 0.05) is 25.7 Å². The zero-order chi connectivity index (χ0) is 58.5. The molecule has 0 radical (unpaired) electrons. The average molecular weight is 1170 g/mol. The molecule has 0 amide bonds. The number of unbranched alkanes of at least 4 members (excludes halogenated alkanes) is 32. The molecule has 0 fully saturated rings. The maximum absolute atomic E-state index is 12.9. The molecule has 79 heavy (non-hydrogen) atoms. The number of carbonyl (C=O) groups excluding carboxylic acids is 4. The standard InChI is InChI=1S/C60H116O17P2/c1-6-9-12-15-16-17-18-19-20-24-27-30-35-39-44-58(63)71-50-56(77-60(65)46-41-36-31-28-25-22-21-23-26-29-34-37-42-53(4)5)52-75-79(68,69)73-48-54(61)47-72-78(66,67)74-51-55(76-59(64)45-40-33-14-11-8-3)49-70-57(62)43-38-32-13-10-7-2/h53-56,61H,6-52H2,1-5H3,(H,66,67)(H,68,69)/t54-,55+,56+/m0/s1. The summed E-state index contributed by atoms with van der Waals surface area (Å²) in [6.07, 6.45) is 36.9. The van der Waals surface area contributed by atoms with Gasteiger partial charge in [-0.25, -0.2) is 9.13 Å². The van der Waals surface area contributed by atoms with Crippen LogP contribution in [-0.2, 0) is 65.4 Å². The lowest BCUT2D eigenvalue weighted by atomic mass is 10.0. The summed E-state index contributed by atoms with van der Waals surface area (Å²) in [7, 11) is -9.86. The van der Waals surface area contributed by atoms with Gasteiger partial charge in [-0.3, -0.25) is 37.3 Å². The molecule has 2 unspecified atom stereocenters. The van der Waals surface area contributed by atoms with E-state index in [-0.39, 0.29) is 25.7 Å². The number of ether oxygens (including phenoxy) is 4. The van der Waals surface area contributed by atoms with Crippen molar-refractivity contribution in [2.24, 2.45) is 5.92 Å². The predicted molar refractivity (Wildman–Crippen MR) is 312 cm³/mol. The van der Waals surface area contributed by atoms with Gasteiger partial charge < -0.3 is 33.8 Å². The molecule has 17 nitrogen and oxygen atoms in total. The molecule has 0 heterocycles. The summed E-state index contributed by atoms with van der Waals surface area (Å²) in [6.45, 7) is 6.99. The highest BCUT2D eigenvalue weighted by Gasteiger charge is 2.30. The number of aliphatic hydroxyl groups is 1. The molecule has 0 aromatic rings. The zero-order valence-electron chi connectivity index (χ0n) is 50.5. The average Bonchev–Trinajstić information content (AvgIpc) is 3.41. The molecule has 468 valence electrons. The monoisotopic (exact) mass is 1170 g/mol. The summed E-state index contributed by atoms with van der Waals surface area (Å²) in [5, 5.41) is 10.5. The molecule has 0 rings (SSSR count). The van der Waals surface area contributed by atoms with Crippen LogP contribution in [0.1, 0.15) is 298 Å². The van der Waals surface area contributed by atoms with E-state index in [9.17, 15) is 43.2 Å². The summed E-state index contributed by atoms with van der Waals surface area (Å²) in [6, 6.07) is 0. The van der Waals surface area contributed by atoms with E-state index in [4.69, 9.17) is 37.0 Å². The van der Waals surface area contributed by atoms with Crippen molar-refractivity contribution >= 4 is 39.5 Å². The molecule has 19 heteroatoms. The second-order valence-electron chi connectivity index (χ2n) is 22.2. The van der Waals surface area contributed by atoms with Crippen LogP contribution >= 0.6 is 15.6 Å². The Balaban J connectivity index is 5.12. The van der Waals surface area contributed by atoms with Gasteiger partial charge in [0.05, 0.1) is 26.4 Å². The van der Waals surface area contributed by atoms with Crippen molar-refractivity contribution < 1.29 is 80.2 Å². The largest absolute Gasteiger partial charge is 0.472 e. The Morgan fingerprint density at radius 2 is 0.582 bits per heavy atom. The third-order valence-electron chi connectivity index (χ3n) is 13.8. The third-order valence-corrected chi connectivity index (χ3v) is 15.7. The highest BCUT2D eigenvalue weighted by atomic mass is 31.2. The van der Waals surface area contributed by atoms with Crippen LogP contribution in [0.15, 0.2) is 0 Å². The second kappa shape index (κ2) is 54.0.